The van der Waals surface area contributed by atoms with Crippen molar-refractivity contribution in [2.75, 3.05) is 6.54 Å². The molecule has 5 heavy (non-hydrogen) atoms. The van der Waals surface area contributed by atoms with Crippen molar-refractivity contribution < 1.29 is 5.11 Å². The van der Waals surface area contributed by atoms with E-state index in [0.717, 1.165) is 0 Å². The predicted molar refractivity (Wildman–Crippen MR) is 19.4 cm³/mol. The molecular formula is C3H5NO. The maximum absolute atomic E-state index is 8.30. The number of aliphatic imine (C=N–C) groups is 1. The largest absolute Gasteiger partial charge is 0.386 e. The first-order valence-electron chi connectivity index (χ1n) is 1.57. The van der Waals surface area contributed by atoms with E-state index in [-0.39, 0.29) is 6.10 Å². The van der Waals surface area contributed by atoms with Crippen molar-refractivity contribution >= 4 is 6.21 Å². The summed E-state index contributed by atoms with van der Waals surface area (Å²) in [6.45, 7) is 0.611. The molecule has 0 radical (unpaired) electrons. The fourth-order valence-electron chi connectivity index (χ4n) is 0.200. The highest BCUT2D eigenvalue weighted by Crippen LogP contribution is 1.88. The monoisotopic (exact) mass is 71.0 g/mol. The van der Waals surface area contributed by atoms with E-state index in [0.29, 0.717) is 6.54 Å². The van der Waals surface area contributed by atoms with Crippen LogP contribution in [0.15, 0.2) is 4.99 Å². The van der Waals surface area contributed by atoms with E-state index < -0.39 is 0 Å². The van der Waals surface area contributed by atoms with Crippen LogP contribution in [0, 0.1) is 0 Å². The number of aliphatic hydroxyl groups is 1. The smallest absolute Gasteiger partial charge is 0.108 e. The van der Waals surface area contributed by atoms with Crippen molar-refractivity contribution in [3.05, 3.63) is 0 Å². The Bertz CT molecular complexity index is 59.9. The lowest BCUT2D eigenvalue weighted by atomic mass is 10.3. The van der Waals surface area contributed by atoms with E-state index in [2.05, 4.69) is 4.99 Å². The van der Waals surface area contributed by atoms with Gasteiger partial charge in [-0.3, -0.25) is 4.99 Å². The van der Waals surface area contributed by atoms with Crippen LogP contribution in [0.5, 0.6) is 0 Å². The molecule has 2 heteroatoms. The van der Waals surface area contributed by atoms with Gasteiger partial charge in [0.15, 0.2) is 0 Å². The van der Waals surface area contributed by atoms with Crippen LogP contribution in [-0.2, 0) is 0 Å². The summed E-state index contributed by atoms with van der Waals surface area (Å²) in [6.07, 6.45) is 1.30. The van der Waals surface area contributed by atoms with Gasteiger partial charge in [-0.2, -0.15) is 0 Å². The maximum Gasteiger partial charge on any atom is 0.108 e. The molecule has 0 bridgehead atoms. The molecule has 0 saturated carbocycles. The SMILES string of the molecule is OC1C=NC1. The van der Waals surface area contributed by atoms with Gasteiger partial charge < -0.3 is 5.11 Å². The third-order valence-electron chi connectivity index (χ3n) is 0.570. The van der Waals surface area contributed by atoms with Crippen LogP contribution >= 0.6 is 0 Å². The predicted octanol–water partition coefficient (Wildman–Crippen LogP) is -0.568. The van der Waals surface area contributed by atoms with Gasteiger partial charge in [0.2, 0.25) is 0 Å². The molecule has 0 amide bonds. The Morgan fingerprint density at radius 3 is 2.40 bits per heavy atom. The van der Waals surface area contributed by atoms with Crippen LogP contribution in [0.1, 0.15) is 0 Å². The van der Waals surface area contributed by atoms with Crippen molar-refractivity contribution in [2.24, 2.45) is 4.99 Å². The zero-order valence-corrected chi connectivity index (χ0v) is 2.76. The molecule has 1 atom stereocenters. The fourth-order valence-corrected chi connectivity index (χ4v) is 0.200. The summed E-state index contributed by atoms with van der Waals surface area (Å²) < 4.78 is 0. The van der Waals surface area contributed by atoms with Crippen LogP contribution in [0.25, 0.3) is 0 Å². The van der Waals surface area contributed by atoms with E-state index in [1.165, 1.54) is 6.21 Å². The molecular weight excluding hydrogens is 66.0 g/mol. The van der Waals surface area contributed by atoms with Crippen molar-refractivity contribution in [3.63, 3.8) is 0 Å². The summed E-state index contributed by atoms with van der Waals surface area (Å²) in [5.74, 6) is 0. The Balaban J connectivity index is 2.39. The van der Waals surface area contributed by atoms with Gasteiger partial charge >= 0.3 is 0 Å². The number of aliphatic hydroxyl groups excluding tert-OH is 1. The molecule has 2 nitrogen and oxygen atoms in total. The molecule has 0 aromatic rings. The second-order valence-corrected chi connectivity index (χ2v) is 1.08. The lowest BCUT2D eigenvalue weighted by Crippen LogP contribution is -2.20. The van der Waals surface area contributed by atoms with Gasteiger partial charge in [-0.15, -0.1) is 0 Å². The summed E-state index contributed by atoms with van der Waals surface area (Å²) in [6, 6.07) is 0. The zero-order chi connectivity index (χ0) is 3.70. The molecule has 1 unspecified atom stereocenters. The van der Waals surface area contributed by atoms with E-state index >= 15 is 0 Å². The van der Waals surface area contributed by atoms with E-state index in [9.17, 15) is 0 Å². The molecule has 1 rings (SSSR count). The molecule has 1 aliphatic rings. The Kier molecular flexibility index (Phi) is 0.451. The molecule has 0 aromatic carbocycles. The normalized spacial score (nSPS) is 33.4. The van der Waals surface area contributed by atoms with Gasteiger partial charge in [0.1, 0.15) is 6.10 Å². The Morgan fingerprint density at radius 2 is 2.40 bits per heavy atom. The summed E-state index contributed by atoms with van der Waals surface area (Å²) in [5.41, 5.74) is 0. The van der Waals surface area contributed by atoms with Gasteiger partial charge in [-0.1, -0.05) is 0 Å². The third-order valence-corrected chi connectivity index (χ3v) is 0.570. The minimum absolute atomic E-state index is 0.227. The number of rotatable bonds is 0. The number of nitrogens with zero attached hydrogens (tertiary/aromatic N) is 1. The lowest BCUT2D eigenvalue weighted by molar-refractivity contribution is 0.239. The molecule has 1 N–H and O–H groups in total. The average Bonchev–Trinajstić information content (AvgIpc) is 1.30. The average molecular weight is 71.1 g/mol. The highest BCUT2D eigenvalue weighted by molar-refractivity contribution is 5.68. The maximum atomic E-state index is 8.30. The third kappa shape index (κ3) is 0.304. The van der Waals surface area contributed by atoms with Crippen molar-refractivity contribution in [1.82, 2.24) is 0 Å². The second kappa shape index (κ2) is 0.792. The van der Waals surface area contributed by atoms with Crippen LogP contribution in [-0.4, -0.2) is 24.0 Å². The quantitative estimate of drug-likeness (QED) is 0.407. The van der Waals surface area contributed by atoms with Crippen LogP contribution in [0.4, 0.5) is 0 Å². The Hall–Kier alpha value is -0.370. The molecule has 0 spiro atoms. The lowest BCUT2D eigenvalue weighted by Gasteiger charge is -2.06. The van der Waals surface area contributed by atoms with Crippen LogP contribution < -0.4 is 0 Å². The second-order valence-electron chi connectivity index (χ2n) is 1.08. The minimum atomic E-state index is -0.227. The van der Waals surface area contributed by atoms with Gasteiger partial charge in [0.25, 0.3) is 0 Å². The summed E-state index contributed by atoms with van der Waals surface area (Å²) in [7, 11) is 0. The van der Waals surface area contributed by atoms with E-state index in [1.54, 1.807) is 0 Å². The molecule has 1 heterocycles. The Labute approximate surface area is 30.2 Å². The van der Waals surface area contributed by atoms with E-state index in [1.807, 2.05) is 0 Å². The van der Waals surface area contributed by atoms with Gasteiger partial charge in [0.05, 0.1) is 6.54 Å². The van der Waals surface area contributed by atoms with Gasteiger partial charge in [-0.05, 0) is 0 Å². The summed E-state index contributed by atoms with van der Waals surface area (Å²) in [5, 5.41) is 8.30. The molecule has 0 aliphatic carbocycles. The summed E-state index contributed by atoms with van der Waals surface area (Å²) in [4.78, 5) is 3.62. The van der Waals surface area contributed by atoms with Crippen LogP contribution in [0.2, 0.25) is 0 Å². The standard InChI is InChI=1S/C3H5NO/c5-3-1-4-2-3/h1,3,5H,2H2. The van der Waals surface area contributed by atoms with E-state index in [4.69, 9.17) is 5.11 Å². The van der Waals surface area contributed by atoms with Gasteiger partial charge in [0, 0.05) is 6.21 Å². The first-order valence-corrected chi connectivity index (χ1v) is 1.57. The number of hydrogen-bond acceptors (Lipinski definition) is 2. The first kappa shape index (κ1) is 2.85. The zero-order valence-electron chi connectivity index (χ0n) is 2.76. The molecule has 0 saturated heterocycles. The van der Waals surface area contributed by atoms with Crippen molar-refractivity contribution in [3.8, 4) is 0 Å². The minimum Gasteiger partial charge on any atom is -0.386 e. The van der Waals surface area contributed by atoms with Crippen molar-refractivity contribution in [2.45, 2.75) is 6.10 Å². The van der Waals surface area contributed by atoms with Crippen molar-refractivity contribution in [1.29, 1.82) is 0 Å². The fraction of sp³-hybridized carbons (Fsp3) is 0.667. The topological polar surface area (TPSA) is 32.6 Å². The van der Waals surface area contributed by atoms with Gasteiger partial charge in [-0.25, -0.2) is 0 Å². The highest BCUT2D eigenvalue weighted by Gasteiger charge is 2.02. The van der Waals surface area contributed by atoms with Crippen LogP contribution in [0.3, 0.4) is 0 Å². The molecule has 0 fully saturated rings. The first-order chi connectivity index (χ1) is 2.39. The Morgan fingerprint density at radius 1 is 2.00 bits per heavy atom. The molecule has 1 aliphatic heterocycles. The number of hydrogen-bond donors (Lipinski definition) is 1. The molecule has 0 aromatic heterocycles. The molecule has 28 valence electrons. The highest BCUT2D eigenvalue weighted by atomic mass is 16.3. The summed E-state index contributed by atoms with van der Waals surface area (Å²) >= 11 is 0.